The monoisotopic (exact) mass is 473 g/mol. The number of anilines is 1. The first-order chi connectivity index (χ1) is 15.2. The molecule has 6 nitrogen and oxygen atoms in total. The van der Waals surface area contributed by atoms with E-state index in [0.717, 1.165) is 47.2 Å². The molecule has 3 aromatic rings. The Labute approximate surface area is 195 Å². The first-order valence-electron chi connectivity index (χ1n) is 10.1. The first kappa shape index (κ1) is 22.1. The van der Waals surface area contributed by atoms with Gasteiger partial charge in [0.05, 0.1) is 5.75 Å². The van der Waals surface area contributed by atoms with Gasteiger partial charge in [0, 0.05) is 44.3 Å². The largest absolute Gasteiger partial charge is 0.356 e. The summed E-state index contributed by atoms with van der Waals surface area (Å²) in [5.74, 6) is 0.545. The number of benzene rings is 2. The lowest BCUT2D eigenvalue weighted by molar-refractivity contribution is -0.130. The van der Waals surface area contributed by atoms with Gasteiger partial charge in [0.25, 0.3) is 0 Å². The Hall–Kier alpha value is -2.13. The van der Waals surface area contributed by atoms with Gasteiger partial charge in [0.15, 0.2) is 4.34 Å². The van der Waals surface area contributed by atoms with Crippen LogP contribution >= 0.6 is 34.7 Å². The van der Waals surface area contributed by atoms with Crippen LogP contribution in [0.2, 0.25) is 5.02 Å². The van der Waals surface area contributed by atoms with Crippen molar-refractivity contribution in [3.8, 4) is 0 Å². The molecule has 1 N–H and O–H groups in total. The highest BCUT2D eigenvalue weighted by molar-refractivity contribution is 8.01. The third kappa shape index (κ3) is 6.67. The molecule has 0 bridgehead atoms. The Balaban J connectivity index is 1.18. The van der Waals surface area contributed by atoms with Crippen molar-refractivity contribution >= 4 is 45.7 Å². The summed E-state index contributed by atoms with van der Waals surface area (Å²) in [5.41, 5.74) is 2.40. The Kier molecular flexibility index (Phi) is 7.80. The molecule has 0 unspecified atom stereocenters. The van der Waals surface area contributed by atoms with Crippen LogP contribution in [0.5, 0.6) is 0 Å². The van der Waals surface area contributed by atoms with Gasteiger partial charge in [0.2, 0.25) is 11.0 Å². The van der Waals surface area contributed by atoms with Crippen LogP contribution in [0.1, 0.15) is 11.1 Å². The minimum absolute atomic E-state index is 0.154. The fourth-order valence-corrected chi connectivity index (χ4v) is 5.24. The Morgan fingerprint density at radius 1 is 1.03 bits per heavy atom. The number of piperazine rings is 1. The summed E-state index contributed by atoms with van der Waals surface area (Å²) < 4.78 is 0.809. The second-order valence-corrected chi connectivity index (χ2v) is 9.92. The minimum Gasteiger partial charge on any atom is -0.356 e. The van der Waals surface area contributed by atoms with Gasteiger partial charge < -0.3 is 10.2 Å². The fraction of sp³-hybridized carbons (Fsp3) is 0.318. The summed E-state index contributed by atoms with van der Waals surface area (Å²) in [7, 11) is 0. The number of rotatable bonds is 8. The molecule has 9 heteroatoms. The SMILES string of the molecule is O=C(CSc1nnc(NCc2ccccc2)s1)N1CCN(Cc2cccc(Cl)c2)CC1. The van der Waals surface area contributed by atoms with Crippen LogP contribution in [-0.2, 0) is 17.9 Å². The lowest BCUT2D eigenvalue weighted by Crippen LogP contribution is -2.48. The predicted octanol–water partition coefficient (Wildman–Crippen LogP) is 4.24. The van der Waals surface area contributed by atoms with E-state index in [-0.39, 0.29) is 5.91 Å². The molecule has 4 rings (SSSR count). The summed E-state index contributed by atoms with van der Waals surface area (Å²) in [6.07, 6.45) is 0. The molecule has 2 heterocycles. The molecule has 1 aromatic heterocycles. The zero-order valence-corrected chi connectivity index (χ0v) is 19.4. The third-order valence-corrected chi connectivity index (χ3v) is 7.27. The molecule has 0 saturated carbocycles. The van der Waals surface area contributed by atoms with Crippen molar-refractivity contribution in [2.75, 3.05) is 37.2 Å². The number of hydrogen-bond acceptors (Lipinski definition) is 7. The van der Waals surface area contributed by atoms with E-state index < -0.39 is 0 Å². The number of hydrogen-bond donors (Lipinski definition) is 1. The van der Waals surface area contributed by atoms with Gasteiger partial charge in [-0.25, -0.2) is 0 Å². The zero-order valence-electron chi connectivity index (χ0n) is 17.0. The van der Waals surface area contributed by atoms with Crippen LogP contribution in [0, 0.1) is 0 Å². The maximum atomic E-state index is 12.6. The van der Waals surface area contributed by atoms with E-state index in [1.807, 2.05) is 41.3 Å². The zero-order chi connectivity index (χ0) is 21.5. The predicted molar refractivity (Wildman–Crippen MR) is 128 cm³/mol. The van der Waals surface area contributed by atoms with Crippen molar-refractivity contribution in [2.24, 2.45) is 0 Å². The van der Waals surface area contributed by atoms with E-state index in [1.165, 1.54) is 34.2 Å². The highest BCUT2D eigenvalue weighted by Gasteiger charge is 2.21. The van der Waals surface area contributed by atoms with Crippen LogP contribution in [0.3, 0.4) is 0 Å². The molecule has 1 fully saturated rings. The van der Waals surface area contributed by atoms with Crippen molar-refractivity contribution in [3.05, 3.63) is 70.7 Å². The molecule has 1 saturated heterocycles. The van der Waals surface area contributed by atoms with Gasteiger partial charge >= 0.3 is 0 Å². The van der Waals surface area contributed by atoms with Crippen molar-refractivity contribution in [1.82, 2.24) is 20.0 Å². The molecule has 162 valence electrons. The summed E-state index contributed by atoms with van der Waals surface area (Å²) in [6, 6.07) is 18.1. The minimum atomic E-state index is 0.154. The molecule has 1 aliphatic rings. The van der Waals surface area contributed by atoms with Gasteiger partial charge in [-0.1, -0.05) is 77.2 Å². The fourth-order valence-electron chi connectivity index (χ4n) is 3.38. The van der Waals surface area contributed by atoms with E-state index in [4.69, 9.17) is 11.6 Å². The number of halogens is 1. The standard InChI is InChI=1S/C22H24ClN5OS2/c23-19-8-4-7-18(13-19)15-27-9-11-28(12-10-27)20(29)16-30-22-26-25-21(31-22)24-14-17-5-2-1-3-6-17/h1-8,13H,9-12,14-16H2,(H,24,25). The number of aromatic nitrogens is 2. The van der Waals surface area contributed by atoms with Crippen LogP contribution in [0.4, 0.5) is 5.13 Å². The van der Waals surface area contributed by atoms with E-state index in [1.54, 1.807) is 0 Å². The summed E-state index contributed by atoms with van der Waals surface area (Å²) in [5, 5.41) is 13.2. The van der Waals surface area contributed by atoms with Gasteiger partial charge in [-0.05, 0) is 23.3 Å². The number of nitrogens with one attached hydrogen (secondary N) is 1. The molecule has 1 aliphatic heterocycles. The second kappa shape index (κ2) is 10.9. The molecule has 0 spiro atoms. The molecule has 2 aromatic carbocycles. The van der Waals surface area contributed by atoms with Gasteiger partial charge in [0.1, 0.15) is 0 Å². The van der Waals surface area contributed by atoms with Crippen LogP contribution < -0.4 is 5.32 Å². The molecule has 0 atom stereocenters. The maximum Gasteiger partial charge on any atom is 0.233 e. The van der Waals surface area contributed by atoms with E-state index in [0.29, 0.717) is 12.3 Å². The van der Waals surface area contributed by atoms with Crippen LogP contribution in [0.25, 0.3) is 0 Å². The quantitative estimate of drug-likeness (QED) is 0.494. The Morgan fingerprint density at radius 3 is 2.58 bits per heavy atom. The number of thioether (sulfide) groups is 1. The van der Waals surface area contributed by atoms with E-state index >= 15 is 0 Å². The molecule has 31 heavy (non-hydrogen) atoms. The number of carbonyl (C=O) groups excluding carboxylic acids is 1. The molecule has 1 amide bonds. The lowest BCUT2D eigenvalue weighted by atomic mass is 10.2. The average Bonchev–Trinajstić information content (AvgIpc) is 3.25. The number of carbonyl (C=O) groups is 1. The smallest absolute Gasteiger partial charge is 0.233 e. The van der Waals surface area contributed by atoms with Gasteiger partial charge in [-0.3, -0.25) is 9.69 Å². The normalized spacial score (nSPS) is 14.5. The average molecular weight is 474 g/mol. The van der Waals surface area contributed by atoms with E-state index in [2.05, 4.69) is 38.6 Å². The Morgan fingerprint density at radius 2 is 1.81 bits per heavy atom. The highest BCUT2D eigenvalue weighted by Crippen LogP contribution is 2.26. The maximum absolute atomic E-state index is 12.6. The van der Waals surface area contributed by atoms with Gasteiger partial charge in [-0.15, -0.1) is 10.2 Å². The topological polar surface area (TPSA) is 61.4 Å². The number of amides is 1. The van der Waals surface area contributed by atoms with Crippen molar-refractivity contribution in [2.45, 2.75) is 17.4 Å². The lowest BCUT2D eigenvalue weighted by Gasteiger charge is -2.34. The number of nitrogens with zero attached hydrogens (tertiary/aromatic N) is 4. The highest BCUT2D eigenvalue weighted by atomic mass is 35.5. The van der Waals surface area contributed by atoms with Crippen molar-refractivity contribution in [1.29, 1.82) is 0 Å². The summed E-state index contributed by atoms with van der Waals surface area (Å²) in [6.45, 7) is 4.81. The van der Waals surface area contributed by atoms with Crippen molar-refractivity contribution < 1.29 is 4.79 Å². The third-order valence-electron chi connectivity index (χ3n) is 5.03. The van der Waals surface area contributed by atoms with Crippen LogP contribution in [0.15, 0.2) is 58.9 Å². The molecular weight excluding hydrogens is 450 g/mol. The summed E-state index contributed by atoms with van der Waals surface area (Å²) in [4.78, 5) is 16.9. The first-order valence-corrected chi connectivity index (χ1v) is 12.3. The van der Waals surface area contributed by atoms with Crippen molar-refractivity contribution in [3.63, 3.8) is 0 Å². The van der Waals surface area contributed by atoms with E-state index in [9.17, 15) is 4.79 Å². The molecule has 0 radical (unpaired) electrons. The van der Waals surface area contributed by atoms with Crippen LogP contribution in [-0.4, -0.2) is 57.8 Å². The Bertz CT molecular complexity index is 992. The molecule has 0 aliphatic carbocycles. The second-order valence-electron chi connectivity index (χ2n) is 7.29. The van der Waals surface area contributed by atoms with Gasteiger partial charge in [-0.2, -0.15) is 0 Å². The summed E-state index contributed by atoms with van der Waals surface area (Å²) >= 11 is 9.01. The molecular formula is C22H24ClN5OS2.